The largest absolute Gasteiger partial charge is 0.346 e. The van der Waals surface area contributed by atoms with Crippen LogP contribution in [0, 0.1) is 0 Å². The molecule has 0 aromatic carbocycles. The van der Waals surface area contributed by atoms with E-state index in [1.807, 2.05) is 12.3 Å². The molecule has 4 heterocycles. The molecule has 3 aromatic heterocycles. The zero-order chi connectivity index (χ0) is 17.4. The van der Waals surface area contributed by atoms with Crippen LogP contribution in [0.2, 0.25) is 0 Å². The van der Waals surface area contributed by atoms with Crippen molar-refractivity contribution >= 4 is 11.0 Å². The number of H-pyrrole nitrogens is 2. The Morgan fingerprint density at radius 3 is 3.00 bits per heavy atom. The molecule has 1 fully saturated rings. The van der Waals surface area contributed by atoms with Crippen LogP contribution in [0.5, 0.6) is 0 Å². The fourth-order valence-corrected chi connectivity index (χ4v) is 3.68. The van der Waals surface area contributed by atoms with Gasteiger partial charge in [0, 0.05) is 29.7 Å². The number of hydrogen-bond donors (Lipinski definition) is 2. The number of pyridine rings is 1. The molecule has 1 aliphatic heterocycles. The molecule has 0 saturated carbocycles. The molecule has 0 spiro atoms. The summed E-state index contributed by atoms with van der Waals surface area (Å²) in [5, 5.41) is 8.76. The van der Waals surface area contributed by atoms with Gasteiger partial charge >= 0.3 is 0 Å². The molecule has 6 nitrogen and oxygen atoms in total. The number of hydrogen-bond acceptors (Lipinski definition) is 4. The molecule has 25 heavy (non-hydrogen) atoms. The van der Waals surface area contributed by atoms with Gasteiger partial charge in [0.15, 0.2) is 5.82 Å². The van der Waals surface area contributed by atoms with Crippen LogP contribution in [0.4, 0.5) is 0 Å². The molecule has 1 unspecified atom stereocenters. The fraction of sp³-hybridized carbons (Fsp3) is 0.526. The number of nitrogens with zero attached hydrogens (tertiary/aromatic N) is 4. The number of rotatable bonds is 3. The third kappa shape index (κ3) is 3.31. The number of aromatic amines is 2. The van der Waals surface area contributed by atoms with Crippen molar-refractivity contribution in [1.29, 1.82) is 0 Å². The molecular formula is C19H26N6. The summed E-state index contributed by atoms with van der Waals surface area (Å²) in [5.74, 6) is 2.39. The lowest BCUT2D eigenvalue weighted by Crippen LogP contribution is -2.34. The van der Waals surface area contributed by atoms with Crippen LogP contribution in [0.1, 0.15) is 56.7 Å². The van der Waals surface area contributed by atoms with E-state index in [1.54, 1.807) is 0 Å². The van der Waals surface area contributed by atoms with E-state index in [1.165, 1.54) is 23.8 Å². The second-order valence-corrected chi connectivity index (χ2v) is 8.07. The zero-order valence-corrected chi connectivity index (χ0v) is 15.2. The summed E-state index contributed by atoms with van der Waals surface area (Å²) in [4.78, 5) is 14.9. The van der Waals surface area contributed by atoms with Gasteiger partial charge in [0.05, 0.1) is 6.54 Å². The summed E-state index contributed by atoms with van der Waals surface area (Å²) in [7, 11) is 0. The standard InChI is InChI=1S/C19H26N6/c1-19(2,3)18-22-16(23-24-18)12-25-9-5-6-13(11-25)15-10-21-17-14(15)7-4-8-20-17/h4,7-8,10,13H,5-6,9,11-12H2,1-3H3,(H,20,21)(H,22,23,24). The van der Waals surface area contributed by atoms with Gasteiger partial charge in [-0.05, 0) is 43.0 Å². The molecule has 3 aromatic rings. The Hall–Kier alpha value is -2.21. The van der Waals surface area contributed by atoms with Crippen molar-refractivity contribution in [3.63, 3.8) is 0 Å². The van der Waals surface area contributed by atoms with E-state index >= 15 is 0 Å². The number of likely N-dealkylation sites (tertiary alicyclic amines) is 1. The van der Waals surface area contributed by atoms with Crippen LogP contribution in [-0.4, -0.2) is 43.1 Å². The lowest BCUT2D eigenvalue weighted by atomic mass is 9.90. The summed E-state index contributed by atoms with van der Waals surface area (Å²) < 4.78 is 0. The highest BCUT2D eigenvalue weighted by Crippen LogP contribution is 2.32. The Labute approximate surface area is 148 Å². The quantitative estimate of drug-likeness (QED) is 0.768. The second kappa shape index (κ2) is 6.26. The average Bonchev–Trinajstić information content (AvgIpc) is 3.21. The molecule has 0 radical (unpaired) electrons. The number of nitrogens with one attached hydrogen (secondary N) is 2. The molecular weight excluding hydrogens is 312 g/mol. The summed E-state index contributed by atoms with van der Waals surface area (Å²) in [6.45, 7) is 9.42. The van der Waals surface area contributed by atoms with E-state index in [-0.39, 0.29) is 5.41 Å². The zero-order valence-electron chi connectivity index (χ0n) is 15.2. The maximum Gasteiger partial charge on any atom is 0.156 e. The first-order chi connectivity index (χ1) is 12.0. The third-order valence-electron chi connectivity index (χ3n) is 5.00. The van der Waals surface area contributed by atoms with Crippen LogP contribution in [-0.2, 0) is 12.0 Å². The molecule has 2 N–H and O–H groups in total. The Morgan fingerprint density at radius 1 is 1.32 bits per heavy atom. The molecule has 4 rings (SSSR count). The number of fused-ring (bicyclic) bond motifs is 1. The Balaban J connectivity index is 1.49. The minimum Gasteiger partial charge on any atom is -0.346 e. The number of piperidine rings is 1. The van der Waals surface area contributed by atoms with E-state index in [9.17, 15) is 0 Å². The van der Waals surface area contributed by atoms with Crippen molar-refractivity contribution in [3.8, 4) is 0 Å². The molecule has 0 aliphatic carbocycles. The Bertz CT molecular complexity index is 856. The van der Waals surface area contributed by atoms with E-state index in [4.69, 9.17) is 0 Å². The highest BCUT2D eigenvalue weighted by atomic mass is 15.3. The predicted octanol–water partition coefficient (Wildman–Crippen LogP) is 3.36. The SMILES string of the molecule is CC(C)(C)c1n[nH]c(CN2CCCC(c3c[nH]c4ncccc34)C2)n1. The van der Waals surface area contributed by atoms with Gasteiger partial charge in [-0.25, -0.2) is 9.97 Å². The second-order valence-electron chi connectivity index (χ2n) is 8.07. The molecule has 0 amide bonds. The normalized spacial score (nSPS) is 19.6. The maximum atomic E-state index is 4.69. The monoisotopic (exact) mass is 338 g/mol. The molecule has 1 saturated heterocycles. The van der Waals surface area contributed by atoms with Crippen LogP contribution in [0.25, 0.3) is 11.0 Å². The fourth-order valence-electron chi connectivity index (χ4n) is 3.68. The smallest absolute Gasteiger partial charge is 0.156 e. The highest BCUT2D eigenvalue weighted by Gasteiger charge is 2.25. The van der Waals surface area contributed by atoms with Crippen LogP contribution >= 0.6 is 0 Å². The summed E-state index contributed by atoms with van der Waals surface area (Å²) >= 11 is 0. The minimum atomic E-state index is -0.0176. The van der Waals surface area contributed by atoms with Gasteiger partial charge in [0.25, 0.3) is 0 Å². The molecule has 6 heteroatoms. The number of aromatic nitrogens is 5. The van der Waals surface area contributed by atoms with E-state index < -0.39 is 0 Å². The van der Waals surface area contributed by atoms with Gasteiger partial charge in [0.1, 0.15) is 11.5 Å². The first-order valence-electron chi connectivity index (χ1n) is 9.07. The summed E-state index contributed by atoms with van der Waals surface area (Å²) in [6.07, 6.45) is 6.41. The molecule has 132 valence electrons. The van der Waals surface area contributed by atoms with Crippen LogP contribution in [0.3, 0.4) is 0 Å². The first kappa shape index (κ1) is 16.3. The van der Waals surface area contributed by atoms with E-state index in [0.29, 0.717) is 5.92 Å². The Morgan fingerprint density at radius 2 is 2.20 bits per heavy atom. The van der Waals surface area contributed by atoms with Gasteiger partial charge in [-0.15, -0.1) is 0 Å². The lowest BCUT2D eigenvalue weighted by Gasteiger charge is -2.32. The average molecular weight is 338 g/mol. The van der Waals surface area contributed by atoms with Crippen LogP contribution in [0.15, 0.2) is 24.5 Å². The van der Waals surface area contributed by atoms with Crippen molar-refractivity contribution in [1.82, 2.24) is 30.0 Å². The molecule has 1 aliphatic rings. The predicted molar refractivity (Wildman–Crippen MR) is 98.4 cm³/mol. The maximum absolute atomic E-state index is 4.69. The molecule has 0 bridgehead atoms. The molecule has 1 atom stereocenters. The van der Waals surface area contributed by atoms with Gasteiger partial charge in [0.2, 0.25) is 0 Å². The summed E-state index contributed by atoms with van der Waals surface area (Å²) in [6, 6.07) is 4.18. The van der Waals surface area contributed by atoms with Crippen molar-refractivity contribution in [2.45, 2.75) is 51.5 Å². The van der Waals surface area contributed by atoms with Crippen molar-refractivity contribution < 1.29 is 0 Å². The minimum absolute atomic E-state index is 0.0176. The topological polar surface area (TPSA) is 73.5 Å². The Kier molecular flexibility index (Phi) is 4.07. The van der Waals surface area contributed by atoms with Crippen LogP contribution < -0.4 is 0 Å². The lowest BCUT2D eigenvalue weighted by molar-refractivity contribution is 0.196. The van der Waals surface area contributed by atoms with Crippen molar-refractivity contribution in [3.05, 3.63) is 41.7 Å². The summed E-state index contributed by atoms with van der Waals surface area (Å²) in [5.41, 5.74) is 2.36. The highest BCUT2D eigenvalue weighted by molar-refractivity contribution is 5.80. The van der Waals surface area contributed by atoms with Crippen molar-refractivity contribution in [2.24, 2.45) is 0 Å². The third-order valence-corrected chi connectivity index (χ3v) is 5.00. The van der Waals surface area contributed by atoms with Gasteiger partial charge in [-0.3, -0.25) is 10.00 Å². The van der Waals surface area contributed by atoms with Gasteiger partial charge < -0.3 is 4.98 Å². The van der Waals surface area contributed by atoms with Gasteiger partial charge in [-0.1, -0.05) is 20.8 Å². The van der Waals surface area contributed by atoms with Gasteiger partial charge in [-0.2, -0.15) is 5.10 Å². The van der Waals surface area contributed by atoms with E-state index in [0.717, 1.165) is 36.9 Å². The van der Waals surface area contributed by atoms with E-state index in [2.05, 4.69) is 63.1 Å². The van der Waals surface area contributed by atoms with Crippen molar-refractivity contribution in [2.75, 3.05) is 13.1 Å². The first-order valence-corrected chi connectivity index (χ1v) is 9.07.